The summed E-state index contributed by atoms with van der Waals surface area (Å²) >= 11 is 4.75. The average Bonchev–Trinajstić information content (AvgIpc) is 3.22. The number of fused-ring (bicyclic) bond motifs is 1. The fourth-order valence-electron chi connectivity index (χ4n) is 4.27. The summed E-state index contributed by atoms with van der Waals surface area (Å²) < 4.78 is 19.4. The number of nitrogens with zero attached hydrogens (tertiary/aromatic N) is 2. The van der Waals surface area contributed by atoms with E-state index >= 15 is 0 Å². The molecule has 0 radical (unpaired) electrons. The first-order valence-corrected chi connectivity index (χ1v) is 13.7. The minimum atomic E-state index is -0.719. The van der Waals surface area contributed by atoms with Crippen LogP contribution in [0.25, 0.3) is 6.08 Å². The zero-order chi connectivity index (χ0) is 27.2. The summed E-state index contributed by atoms with van der Waals surface area (Å²) in [5.74, 6) is 3.15. The largest absolute Gasteiger partial charge is 0.497 e. The van der Waals surface area contributed by atoms with E-state index in [2.05, 4.69) is 21.9 Å². The van der Waals surface area contributed by atoms with Crippen molar-refractivity contribution in [1.29, 1.82) is 0 Å². The minimum absolute atomic E-state index is 0.100. The average molecular weight is 596 g/mol. The predicted molar refractivity (Wildman–Crippen MR) is 151 cm³/mol. The molecule has 196 valence electrons. The van der Waals surface area contributed by atoms with Crippen molar-refractivity contribution in [3.8, 4) is 23.8 Å². The fourth-order valence-corrected chi connectivity index (χ4v) is 5.66. The lowest BCUT2D eigenvalue weighted by Gasteiger charge is -2.26. The molecule has 1 aliphatic rings. The van der Waals surface area contributed by atoms with E-state index in [0.717, 1.165) is 16.5 Å². The van der Waals surface area contributed by atoms with Crippen LogP contribution in [0.4, 0.5) is 0 Å². The smallest absolute Gasteiger partial charge is 0.338 e. The van der Waals surface area contributed by atoms with E-state index in [-0.39, 0.29) is 18.8 Å². The lowest BCUT2D eigenvalue weighted by molar-refractivity contribution is -0.139. The second-order valence-corrected chi connectivity index (χ2v) is 10.3. The third-order valence-electron chi connectivity index (χ3n) is 5.87. The lowest BCUT2D eigenvalue weighted by Crippen LogP contribution is -2.40. The van der Waals surface area contributed by atoms with Crippen LogP contribution in [-0.4, -0.2) is 30.9 Å². The van der Waals surface area contributed by atoms with Crippen molar-refractivity contribution >= 4 is 39.3 Å². The summed E-state index contributed by atoms with van der Waals surface area (Å²) in [6.07, 6.45) is 8.48. The highest BCUT2D eigenvalue weighted by molar-refractivity contribution is 9.10. The monoisotopic (exact) mass is 594 g/mol. The maximum absolute atomic E-state index is 13.9. The van der Waals surface area contributed by atoms with Crippen LogP contribution in [0.15, 0.2) is 68.0 Å². The number of halogens is 1. The summed E-state index contributed by atoms with van der Waals surface area (Å²) in [4.78, 5) is 32.5. The third-order valence-corrected chi connectivity index (χ3v) is 7.35. The SMILES string of the molecule is C#CCOc1ccc(Br)cc1/C=c1\sc2n(c1=O)[C@H](c1cccc(OC)c1)C(C(=O)OCC)=C(CCC)N=2. The van der Waals surface area contributed by atoms with Crippen molar-refractivity contribution in [2.24, 2.45) is 4.99 Å². The van der Waals surface area contributed by atoms with Crippen molar-refractivity contribution in [3.05, 3.63) is 89.0 Å². The van der Waals surface area contributed by atoms with Crippen molar-refractivity contribution in [1.82, 2.24) is 4.57 Å². The first-order valence-electron chi connectivity index (χ1n) is 12.1. The Hall–Kier alpha value is -3.61. The summed E-state index contributed by atoms with van der Waals surface area (Å²) in [6, 6.07) is 12.1. The van der Waals surface area contributed by atoms with Gasteiger partial charge in [0.2, 0.25) is 0 Å². The molecule has 0 saturated carbocycles. The first-order chi connectivity index (χ1) is 18.4. The molecule has 1 aliphatic heterocycles. The molecule has 9 heteroatoms. The van der Waals surface area contributed by atoms with E-state index in [0.29, 0.717) is 44.1 Å². The number of hydrogen-bond donors (Lipinski definition) is 0. The Labute approximate surface area is 233 Å². The van der Waals surface area contributed by atoms with Crippen LogP contribution in [0, 0.1) is 12.3 Å². The number of hydrogen-bond acceptors (Lipinski definition) is 7. The van der Waals surface area contributed by atoms with Crippen LogP contribution in [0.3, 0.4) is 0 Å². The van der Waals surface area contributed by atoms with Gasteiger partial charge < -0.3 is 14.2 Å². The molecule has 0 saturated heterocycles. The molecular formula is C29H27BrN2O5S. The summed E-state index contributed by atoms with van der Waals surface area (Å²) in [5.41, 5.74) is 2.12. The van der Waals surface area contributed by atoms with E-state index in [9.17, 15) is 9.59 Å². The van der Waals surface area contributed by atoms with Gasteiger partial charge in [-0.2, -0.15) is 0 Å². The summed E-state index contributed by atoms with van der Waals surface area (Å²) in [7, 11) is 1.58. The van der Waals surface area contributed by atoms with Gasteiger partial charge in [0.05, 0.1) is 35.6 Å². The Morgan fingerprint density at radius 1 is 1.26 bits per heavy atom. The molecule has 1 atom stereocenters. The molecule has 0 unspecified atom stereocenters. The number of thiazole rings is 1. The van der Waals surface area contributed by atoms with Gasteiger partial charge in [0.15, 0.2) is 4.80 Å². The lowest BCUT2D eigenvalue weighted by atomic mass is 9.94. The van der Waals surface area contributed by atoms with Crippen molar-refractivity contribution < 1.29 is 19.0 Å². The van der Waals surface area contributed by atoms with Gasteiger partial charge in [0, 0.05) is 10.0 Å². The maximum atomic E-state index is 13.9. The summed E-state index contributed by atoms with van der Waals surface area (Å²) in [6.45, 7) is 4.08. The molecule has 4 rings (SSSR count). The number of benzene rings is 2. The minimum Gasteiger partial charge on any atom is -0.497 e. The Balaban J connectivity index is 2.00. The highest BCUT2D eigenvalue weighted by Crippen LogP contribution is 2.34. The van der Waals surface area contributed by atoms with Gasteiger partial charge in [-0.25, -0.2) is 9.79 Å². The molecule has 0 N–H and O–H groups in total. The Bertz CT molecular complexity index is 1610. The molecule has 0 aliphatic carbocycles. The van der Waals surface area contributed by atoms with Crippen LogP contribution in [-0.2, 0) is 9.53 Å². The van der Waals surface area contributed by atoms with Gasteiger partial charge in [0.25, 0.3) is 5.56 Å². The van der Waals surface area contributed by atoms with E-state index < -0.39 is 12.0 Å². The molecule has 0 amide bonds. The van der Waals surface area contributed by atoms with Gasteiger partial charge in [-0.3, -0.25) is 9.36 Å². The van der Waals surface area contributed by atoms with Crippen LogP contribution in [0.1, 0.15) is 43.9 Å². The van der Waals surface area contributed by atoms with Crippen molar-refractivity contribution in [3.63, 3.8) is 0 Å². The van der Waals surface area contributed by atoms with Gasteiger partial charge in [-0.1, -0.05) is 58.7 Å². The molecule has 2 aromatic carbocycles. The van der Waals surface area contributed by atoms with Crippen LogP contribution in [0.5, 0.6) is 11.5 Å². The Morgan fingerprint density at radius 2 is 2.08 bits per heavy atom. The number of aromatic nitrogens is 1. The number of methoxy groups -OCH3 is 1. The second-order valence-electron chi connectivity index (χ2n) is 8.37. The zero-order valence-electron chi connectivity index (χ0n) is 21.3. The Kier molecular flexibility index (Phi) is 8.87. The molecular weight excluding hydrogens is 568 g/mol. The maximum Gasteiger partial charge on any atom is 0.338 e. The van der Waals surface area contributed by atoms with E-state index in [4.69, 9.17) is 25.6 Å². The molecule has 38 heavy (non-hydrogen) atoms. The number of ether oxygens (including phenoxy) is 3. The van der Waals surface area contributed by atoms with Crippen LogP contribution in [0.2, 0.25) is 0 Å². The highest BCUT2D eigenvalue weighted by atomic mass is 79.9. The molecule has 0 bridgehead atoms. The predicted octanol–water partition coefficient (Wildman–Crippen LogP) is 4.36. The first kappa shape index (κ1) is 27.4. The van der Waals surface area contributed by atoms with Gasteiger partial charge >= 0.3 is 5.97 Å². The molecule has 1 aromatic heterocycles. The molecule has 2 heterocycles. The van der Waals surface area contributed by atoms with Gasteiger partial charge in [-0.15, -0.1) is 6.42 Å². The molecule has 7 nitrogen and oxygen atoms in total. The van der Waals surface area contributed by atoms with Gasteiger partial charge in [-0.05, 0) is 55.3 Å². The fraction of sp³-hybridized carbons (Fsp3) is 0.276. The summed E-state index contributed by atoms with van der Waals surface area (Å²) in [5, 5.41) is 0. The van der Waals surface area contributed by atoms with Gasteiger partial charge in [0.1, 0.15) is 18.1 Å². The zero-order valence-corrected chi connectivity index (χ0v) is 23.7. The van der Waals surface area contributed by atoms with Crippen LogP contribution >= 0.6 is 27.3 Å². The second kappa shape index (κ2) is 12.3. The normalized spacial score (nSPS) is 14.9. The van der Waals surface area contributed by atoms with E-state index in [1.807, 2.05) is 43.3 Å². The number of carbonyl (C=O) groups excluding carboxylic acids is 1. The van der Waals surface area contributed by atoms with E-state index in [1.54, 1.807) is 30.7 Å². The third kappa shape index (κ3) is 5.62. The number of carbonyl (C=O) groups is 1. The highest BCUT2D eigenvalue weighted by Gasteiger charge is 2.34. The molecule has 0 spiro atoms. The number of allylic oxidation sites excluding steroid dienone is 1. The topological polar surface area (TPSA) is 79.1 Å². The van der Waals surface area contributed by atoms with Crippen molar-refractivity contribution in [2.75, 3.05) is 20.3 Å². The van der Waals surface area contributed by atoms with Crippen molar-refractivity contribution in [2.45, 2.75) is 32.7 Å². The van der Waals surface area contributed by atoms with Crippen LogP contribution < -0.4 is 24.4 Å². The Morgan fingerprint density at radius 3 is 2.79 bits per heavy atom. The number of rotatable bonds is 9. The number of esters is 1. The quantitative estimate of drug-likeness (QED) is 0.272. The molecule has 0 fully saturated rings. The standard InChI is InChI=1S/C29H27BrN2O5S/c1-5-9-22-25(28(34)36-7-3)26(18-10-8-11-21(16-18)35-4)32-27(33)24(38-29(32)31-22)17-19-15-20(30)12-13-23(19)37-14-6-2/h2,8,10-13,15-17,26H,5,7,9,14H2,1,3-4H3/b24-17-/t26-/m1/s1. The van der Waals surface area contributed by atoms with E-state index in [1.165, 1.54) is 11.3 Å². The molecule has 3 aromatic rings. The number of terminal acetylenes is 1.